The predicted octanol–water partition coefficient (Wildman–Crippen LogP) is 15.2. The van der Waals surface area contributed by atoms with Gasteiger partial charge in [0, 0.05) is 36.9 Å². The largest absolute Gasteiger partial charge is 0.208 e. The molecule has 0 saturated heterocycles. The van der Waals surface area contributed by atoms with Gasteiger partial charge in [0.15, 0.2) is 17.5 Å². The zero-order chi connectivity index (χ0) is 38.9. The van der Waals surface area contributed by atoms with Gasteiger partial charge in [0.25, 0.3) is 0 Å². The van der Waals surface area contributed by atoms with Crippen LogP contribution < -0.4 is 0 Å². The summed E-state index contributed by atoms with van der Waals surface area (Å²) < 4.78 is 2.42. The molecule has 274 valence electrons. The lowest BCUT2D eigenvalue weighted by Gasteiger charge is -2.15. The Bertz CT molecular complexity index is 3460. The van der Waals surface area contributed by atoms with Crippen LogP contribution in [0.25, 0.3) is 120 Å². The minimum atomic E-state index is 0.645. The van der Waals surface area contributed by atoms with Crippen LogP contribution in [-0.2, 0) is 0 Å². The summed E-state index contributed by atoms with van der Waals surface area (Å²) in [4.78, 5) is 16.1. The molecule has 12 rings (SSSR count). The molecule has 0 aliphatic rings. The Morgan fingerprint density at radius 1 is 0.271 bits per heavy atom. The average molecular weight is 768 g/mol. The van der Waals surface area contributed by atoms with Gasteiger partial charge < -0.3 is 0 Å². The van der Waals surface area contributed by atoms with E-state index in [1.165, 1.54) is 64.0 Å². The molecule has 0 saturated carbocycles. The van der Waals surface area contributed by atoms with E-state index in [9.17, 15) is 0 Å². The molecule has 3 nitrogen and oxygen atoms in total. The minimum absolute atomic E-state index is 0.645. The molecule has 59 heavy (non-hydrogen) atoms. The van der Waals surface area contributed by atoms with E-state index >= 15 is 0 Å². The van der Waals surface area contributed by atoms with Crippen molar-refractivity contribution in [1.82, 2.24) is 15.0 Å². The first-order chi connectivity index (χ1) is 29.2. The highest BCUT2D eigenvalue weighted by atomic mass is 32.1. The average Bonchev–Trinajstić information content (AvgIpc) is 3.69. The van der Waals surface area contributed by atoms with Crippen LogP contribution in [0.15, 0.2) is 200 Å². The van der Waals surface area contributed by atoms with Crippen molar-refractivity contribution in [1.29, 1.82) is 0 Å². The van der Waals surface area contributed by atoms with Crippen LogP contribution in [0.2, 0.25) is 0 Å². The van der Waals surface area contributed by atoms with E-state index < -0.39 is 0 Å². The monoisotopic (exact) mass is 767 g/mol. The van der Waals surface area contributed by atoms with E-state index in [0.29, 0.717) is 17.5 Å². The van der Waals surface area contributed by atoms with Crippen molar-refractivity contribution >= 4 is 74.6 Å². The van der Waals surface area contributed by atoms with Crippen molar-refractivity contribution in [3.8, 4) is 56.4 Å². The number of aromatic nitrogens is 3. The first-order valence-electron chi connectivity index (χ1n) is 19.9. The molecule has 0 aliphatic carbocycles. The third-order valence-electron chi connectivity index (χ3n) is 11.7. The van der Waals surface area contributed by atoms with Crippen molar-refractivity contribution in [3.63, 3.8) is 0 Å². The summed E-state index contributed by atoms with van der Waals surface area (Å²) in [7, 11) is 0. The molecule has 0 unspecified atom stereocenters. The fourth-order valence-electron chi connectivity index (χ4n) is 8.87. The Kier molecular flexibility index (Phi) is 7.72. The standard InChI is InChI=1S/C55H33N3S/c1-3-14-36-32-38(26-24-34(36)12-1)40-28-30-48(44-18-7-5-16-42(40)44)53-56-54(58-55(57-53)50-22-11-21-47-46-20-9-10-23-51(46)59-52(47)50)49-31-29-41(43-17-6-8-19-45(43)49)39-27-25-35-13-2-4-15-37(35)33-39/h1-33H. The van der Waals surface area contributed by atoms with Crippen molar-refractivity contribution in [3.05, 3.63) is 200 Å². The summed E-state index contributed by atoms with van der Waals surface area (Å²) in [6.45, 7) is 0. The molecule has 2 aromatic heterocycles. The molecule has 0 N–H and O–H groups in total. The van der Waals surface area contributed by atoms with E-state index in [1.54, 1.807) is 11.3 Å². The van der Waals surface area contributed by atoms with Crippen LogP contribution in [0, 0.1) is 0 Å². The molecule has 2 heterocycles. The van der Waals surface area contributed by atoms with Crippen molar-refractivity contribution in [2.45, 2.75) is 0 Å². The Morgan fingerprint density at radius 3 is 1.22 bits per heavy atom. The SMILES string of the molecule is c1ccc2cc(-c3ccc(-c4nc(-c5ccc(-c6ccc7ccccc7c6)c6ccccc56)nc(-c5cccc6c5sc5ccccc56)n4)c4ccccc34)ccc2c1. The number of thiophene rings is 1. The smallest absolute Gasteiger partial charge is 0.165 e. The summed E-state index contributed by atoms with van der Waals surface area (Å²) in [5.41, 5.74) is 7.65. The van der Waals surface area contributed by atoms with Gasteiger partial charge in [0.2, 0.25) is 0 Å². The second-order valence-corrected chi connectivity index (χ2v) is 16.2. The maximum atomic E-state index is 5.39. The second-order valence-electron chi connectivity index (χ2n) is 15.1. The van der Waals surface area contributed by atoms with Crippen LogP contribution >= 0.6 is 11.3 Å². The lowest BCUT2D eigenvalue weighted by molar-refractivity contribution is 1.08. The van der Waals surface area contributed by atoms with Gasteiger partial charge in [-0.3, -0.25) is 0 Å². The molecule has 10 aromatic carbocycles. The second kappa shape index (κ2) is 13.6. The van der Waals surface area contributed by atoms with E-state index in [0.717, 1.165) is 38.2 Å². The molecule has 4 heteroatoms. The molecule has 0 radical (unpaired) electrons. The van der Waals surface area contributed by atoms with Gasteiger partial charge in [-0.1, -0.05) is 164 Å². The van der Waals surface area contributed by atoms with Gasteiger partial charge >= 0.3 is 0 Å². The molecule has 0 bridgehead atoms. The maximum Gasteiger partial charge on any atom is 0.165 e. The molecular weight excluding hydrogens is 735 g/mol. The fraction of sp³-hybridized carbons (Fsp3) is 0. The van der Waals surface area contributed by atoms with Gasteiger partial charge in [-0.25, -0.2) is 15.0 Å². The summed E-state index contributed by atoms with van der Waals surface area (Å²) in [6, 6.07) is 71.7. The molecular formula is C55H33N3S. The van der Waals surface area contributed by atoms with Crippen LogP contribution in [0.3, 0.4) is 0 Å². The van der Waals surface area contributed by atoms with E-state index in [4.69, 9.17) is 15.0 Å². The summed E-state index contributed by atoms with van der Waals surface area (Å²) in [5.74, 6) is 1.95. The van der Waals surface area contributed by atoms with E-state index in [-0.39, 0.29) is 0 Å². The molecule has 12 aromatic rings. The zero-order valence-electron chi connectivity index (χ0n) is 31.8. The van der Waals surface area contributed by atoms with Crippen molar-refractivity contribution < 1.29 is 0 Å². The molecule has 0 amide bonds. The highest BCUT2D eigenvalue weighted by Gasteiger charge is 2.20. The van der Waals surface area contributed by atoms with Gasteiger partial charge in [0.1, 0.15) is 0 Å². The summed E-state index contributed by atoms with van der Waals surface area (Å²) in [5, 5.41) is 11.9. The lowest BCUT2D eigenvalue weighted by atomic mass is 9.93. The summed E-state index contributed by atoms with van der Waals surface area (Å²) >= 11 is 1.79. The predicted molar refractivity (Wildman–Crippen MR) is 250 cm³/mol. The van der Waals surface area contributed by atoms with Crippen molar-refractivity contribution in [2.75, 3.05) is 0 Å². The van der Waals surface area contributed by atoms with Gasteiger partial charge in [-0.05, 0) is 102 Å². The highest BCUT2D eigenvalue weighted by molar-refractivity contribution is 7.26. The molecule has 0 spiro atoms. The van der Waals surface area contributed by atoms with E-state index in [1.807, 2.05) is 0 Å². The number of hydrogen-bond donors (Lipinski definition) is 0. The minimum Gasteiger partial charge on any atom is -0.208 e. The van der Waals surface area contributed by atoms with E-state index in [2.05, 4.69) is 200 Å². The highest BCUT2D eigenvalue weighted by Crippen LogP contribution is 2.42. The molecule has 0 fully saturated rings. The number of fused-ring (bicyclic) bond motifs is 7. The lowest BCUT2D eigenvalue weighted by Crippen LogP contribution is -2.01. The third-order valence-corrected chi connectivity index (χ3v) is 13.0. The first kappa shape index (κ1) is 33.6. The van der Waals surface area contributed by atoms with Crippen LogP contribution in [-0.4, -0.2) is 15.0 Å². The third kappa shape index (κ3) is 5.60. The zero-order valence-corrected chi connectivity index (χ0v) is 32.6. The number of rotatable bonds is 5. The number of benzene rings is 10. The Balaban J connectivity index is 1.09. The summed E-state index contributed by atoms with van der Waals surface area (Å²) in [6.07, 6.45) is 0. The molecule has 0 aliphatic heterocycles. The number of hydrogen-bond acceptors (Lipinski definition) is 4. The van der Waals surface area contributed by atoms with Crippen LogP contribution in [0.4, 0.5) is 0 Å². The van der Waals surface area contributed by atoms with Crippen LogP contribution in [0.5, 0.6) is 0 Å². The topological polar surface area (TPSA) is 38.7 Å². The van der Waals surface area contributed by atoms with Gasteiger partial charge in [0.05, 0.1) is 0 Å². The van der Waals surface area contributed by atoms with Crippen molar-refractivity contribution in [2.24, 2.45) is 0 Å². The quantitative estimate of drug-likeness (QED) is 0.175. The molecule has 0 atom stereocenters. The fourth-order valence-corrected chi connectivity index (χ4v) is 10.1. The number of nitrogens with zero attached hydrogens (tertiary/aromatic N) is 3. The maximum absolute atomic E-state index is 5.39. The van der Waals surface area contributed by atoms with Gasteiger partial charge in [-0.15, -0.1) is 11.3 Å². The van der Waals surface area contributed by atoms with Crippen LogP contribution in [0.1, 0.15) is 0 Å². The Labute approximate surface area is 344 Å². The normalized spacial score (nSPS) is 11.7. The Morgan fingerprint density at radius 2 is 0.678 bits per heavy atom. The first-order valence-corrected chi connectivity index (χ1v) is 20.7. The van der Waals surface area contributed by atoms with Gasteiger partial charge in [-0.2, -0.15) is 0 Å². The Hall–Kier alpha value is -7.53.